The number of anilines is 2. The fraction of sp³-hybridized carbons (Fsp3) is 0.263. The SMILES string of the molecule is CN(C)C(=O)c1ccc(NC(=O)CCNc2ccc(C(F)(F)F)cc2[N+](=O)[O-])cc1Cl. The molecule has 0 aliphatic heterocycles. The van der Waals surface area contributed by atoms with E-state index in [1.807, 2.05) is 0 Å². The van der Waals surface area contributed by atoms with Crippen LogP contribution in [0.1, 0.15) is 22.3 Å². The third-order valence-electron chi connectivity index (χ3n) is 4.08. The van der Waals surface area contributed by atoms with Crippen LogP contribution in [-0.2, 0) is 11.0 Å². The Morgan fingerprint density at radius 3 is 2.39 bits per heavy atom. The van der Waals surface area contributed by atoms with Crippen molar-refractivity contribution in [1.82, 2.24) is 4.90 Å². The number of hydrogen-bond acceptors (Lipinski definition) is 5. The summed E-state index contributed by atoms with van der Waals surface area (Å²) in [5, 5.41) is 16.4. The van der Waals surface area contributed by atoms with Gasteiger partial charge in [0.2, 0.25) is 5.91 Å². The second-order valence-electron chi connectivity index (χ2n) is 6.61. The molecule has 0 aromatic heterocycles. The van der Waals surface area contributed by atoms with E-state index in [1.165, 1.54) is 23.1 Å². The van der Waals surface area contributed by atoms with E-state index in [-0.39, 0.29) is 35.1 Å². The van der Waals surface area contributed by atoms with Gasteiger partial charge in [-0.05, 0) is 30.3 Å². The molecule has 31 heavy (non-hydrogen) atoms. The Bertz CT molecular complexity index is 1010. The van der Waals surface area contributed by atoms with Gasteiger partial charge in [-0.25, -0.2) is 0 Å². The van der Waals surface area contributed by atoms with Crippen molar-refractivity contribution in [2.24, 2.45) is 0 Å². The number of rotatable bonds is 7. The van der Waals surface area contributed by atoms with E-state index in [2.05, 4.69) is 10.6 Å². The minimum atomic E-state index is -4.71. The summed E-state index contributed by atoms with van der Waals surface area (Å²) in [6.45, 7) is -0.0665. The lowest BCUT2D eigenvalue weighted by atomic mass is 10.1. The average Bonchev–Trinajstić information content (AvgIpc) is 2.66. The van der Waals surface area contributed by atoms with Gasteiger partial charge in [-0.3, -0.25) is 19.7 Å². The molecule has 0 aliphatic rings. The summed E-state index contributed by atoms with van der Waals surface area (Å²) in [4.78, 5) is 35.5. The van der Waals surface area contributed by atoms with Crippen LogP contribution in [-0.4, -0.2) is 42.3 Å². The maximum atomic E-state index is 12.7. The first-order chi connectivity index (χ1) is 14.4. The van der Waals surface area contributed by atoms with Crippen molar-refractivity contribution >= 4 is 40.5 Å². The summed E-state index contributed by atoms with van der Waals surface area (Å²) in [5.74, 6) is -0.768. The van der Waals surface area contributed by atoms with E-state index < -0.39 is 28.3 Å². The van der Waals surface area contributed by atoms with Crippen LogP contribution in [0, 0.1) is 10.1 Å². The highest BCUT2D eigenvalue weighted by Gasteiger charge is 2.33. The van der Waals surface area contributed by atoms with Gasteiger partial charge in [0, 0.05) is 38.8 Å². The molecule has 8 nitrogen and oxygen atoms in total. The number of carbonyl (C=O) groups excluding carboxylic acids is 2. The van der Waals surface area contributed by atoms with Crippen molar-refractivity contribution in [2.75, 3.05) is 31.3 Å². The van der Waals surface area contributed by atoms with Gasteiger partial charge in [0.15, 0.2) is 0 Å². The number of nitrogens with one attached hydrogen (secondary N) is 2. The predicted molar refractivity (Wildman–Crippen MR) is 109 cm³/mol. The lowest BCUT2D eigenvalue weighted by Gasteiger charge is -2.13. The maximum Gasteiger partial charge on any atom is 0.416 e. The fourth-order valence-electron chi connectivity index (χ4n) is 2.55. The zero-order valence-electron chi connectivity index (χ0n) is 16.4. The van der Waals surface area contributed by atoms with Gasteiger partial charge in [-0.1, -0.05) is 11.6 Å². The van der Waals surface area contributed by atoms with Crippen LogP contribution in [0.25, 0.3) is 0 Å². The van der Waals surface area contributed by atoms with Gasteiger partial charge >= 0.3 is 6.18 Å². The lowest BCUT2D eigenvalue weighted by molar-refractivity contribution is -0.384. The molecule has 12 heteroatoms. The van der Waals surface area contributed by atoms with Gasteiger partial charge in [-0.2, -0.15) is 13.2 Å². The molecular formula is C19H18ClF3N4O4. The number of nitrogens with zero attached hydrogens (tertiary/aromatic N) is 2. The molecule has 0 saturated heterocycles. The standard InChI is InChI=1S/C19H18ClF3N4O4/c1-26(2)18(29)13-5-4-12(10-14(13)20)25-17(28)7-8-24-15-6-3-11(19(21,22)23)9-16(15)27(30)31/h3-6,9-10,24H,7-8H2,1-2H3,(H,25,28). The number of nitro benzene ring substituents is 1. The Balaban J connectivity index is 1.99. The van der Waals surface area contributed by atoms with Crippen molar-refractivity contribution in [1.29, 1.82) is 0 Å². The van der Waals surface area contributed by atoms with E-state index in [4.69, 9.17) is 11.6 Å². The largest absolute Gasteiger partial charge is 0.416 e. The zero-order valence-corrected chi connectivity index (χ0v) is 17.2. The summed E-state index contributed by atoms with van der Waals surface area (Å²) in [6.07, 6.45) is -4.84. The Morgan fingerprint density at radius 1 is 1.16 bits per heavy atom. The van der Waals surface area contributed by atoms with Crippen molar-refractivity contribution < 1.29 is 27.7 Å². The highest BCUT2D eigenvalue weighted by atomic mass is 35.5. The molecule has 0 unspecified atom stereocenters. The third-order valence-corrected chi connectivity index (χ3v) is 4.39. The van der Waals surface area contributed by atoms with Crippen LogP contribution in [0.15, 0.2) is 36.4 Å². The van der Waals surface area contributed by atoms with E-state index >= 15 is 0 Å². The van der Waals surface area contributed by atoms with Gasteiger partial charge < -0.3 is 15.5 Å². The van der Waals surface area contributed by atoms with Crippen molar-refractivity contribution in [3.05, 3.63) is 62.7 Å². The van der Waals surface area contributed by atoms with Crippen LogP contribution in [0.5, 0.6) is 0 Å². The Kier molecular flexibility index (Phi) is 7.45. The van der Waals surface area contributed by atoms with Gasteiger partial charge in [0.05, 0.1) is 21.1 Å². The number of halogens is 4. The molecule has 2 aromatic rings. The Hall–Kier alpha value is -3.34. The lowest BCUT2D eigenvalue weighted by Crippen LogP contribution is -2.22. The molecule has 0 heterocycles. The summed E-state index contributed by atoms with van der Waals surface area (Å²) >= 11 is 6.07. The summed E-state index contributed by atoms with van der Waals surface area (Å²) in [5.41, 5.74) is -1.43. The monoisotopic (exact) mass is 458 g/mol. The first-order valence-electron chi connectivity index (χ1n) is 8.80. The van der Waals surface area contributed by atoms with Gasteiger partial charge in [0.1, 0.15) is 5.69 Å². The number of carbonyl (C=O) groups is 2. The Morgan fingerprint density at radius 2 is 1.84 bits per heavy atom. The van der Waals surface area contributed by atoms with E-state index in [9.17, 15) is 32.9 Å². The second kappa shape index (κ2) is 9.65. The first kappa shape index (κ1) is 23.9. The Labute approximate surface area is 180 Å². The third kappa shape index (κ3) is 6.32. The number of alkyl halides is 3. The number of hydrogen-bond donors (Lipinski definition) is 2. The number of benzene rings is 2. The molecule has 166 valence electrons. The molecule has 0 fully saturated rings. The summed E-state index contributed by atoms with van der Waals surface area (Å²) in [7, 11) is 3.14. The topological polar surface area (TPSA) is 105 Å². The predicted octanol–water partition coefficient (Wildman–Crippen LogP) is 4.41. The van der Waals surface area contributed by atoms with E-state index in [1.54, 1.807) is 14.1 Å². The average molecular weight is 459 g/mol. The highest BCUT2D eigenvalue weighted by Crippen LogP contribution is 2.35. The van der Waals surface area contributed by atoms with Crippen molar-refractivity contribution in [3.8, 4) is 0 Å². The highest BCUT2D eigenvalue weighted by molar-refractivity contribution is 6.34. The van der Waals surface area contributed by atoms with Crippen LogP contribution in [0.4, 0.5) is 30.2 Å². The normalized spacial score (nSPS) is 11.0. The summed E-state index contributed by atoms with van der Waals surface area (Å²) in [6, 6.07) is 6.46. The molecule has 2 aromatic carbocycles. The van der Waals surface area contributed by atoms with Crippen LogP contribution in [0.3, 0.4) is 0 Å². The van der Waals surface area contributed by atoms with Gasteiger partial charge in [-0.15, -0.1) is 0 Å². The molecule has 2 N–H and O–H groups in total. The molecular weight excluding hydrogens is 441 g/mol. The molecule has 2 amide bonds. The van der Waals surface area contributed by atoms with E-state index in [0.29, 0.717) is 17.8 Å². The smallest absolute Gasteiger partial charge is 0.379 e. The summed E-state index contributed by atoms with van der Waals surface area (Å²) < 4.78 is 38.2. The maximum absolute atomic E-state index is 12.7. The van der Waals surface area contributed by atoms with Gasteiger partial charge in [0.25, 0.3) is 11.6 Å². The quantitative estimate of drug-likeness (QED) is 0.472. The minimum Gasteiger partial charge on any atom is -0.379 e. The molecule has 0 saturated carbocycles. The number of amides is 2. The first-order valence-corrected chi connectivity index (χ1v) is 9.18. The second-order valence-corrected chi connectivity index (χ2v) is 7.01. The van der Waals surface area contributed by atoms with E-state index in [0.717, 1.165) is 6.07 Å². The van der Waals surface area contributed by atoms with Crippen molar-refractivity contribution in [3.63, 3.8) is 0 Å². The molecule has 0 atom stereocenters. The zero-order chi connectivity index (χ0) is 23.3. The molecule has 0 radical (unpaired) electrons. The molecule has 0 spiro atoms. The molecule has 2 rings (SSSR count). The molecule has 0 aliphatic carbocycles. The molecule has 0 bridgehead atoms. The van der Waals surface area contributed by atoms with Crippen LogP contribution >= 0.6 is 11.6 Å². The van der Waals surface area contributed by atoms with Crippen molar-refractivity contribution in [2.45, 2.75) is 12.6 Å². The fourth-order valence-corrected chi connectivity index (χ4v) is 2.81. The minimum absolute atomic E-state index is 0.0665. The number of nitro groups is 1. The van der Waals surface area contributed by atoms with Crippen LogP contribution < -0.4 is 10.6 Å². The van der Waals surface area contributed by atoms with Crippen LogP contribution in [0.2, 0.25) is 5.02 Å².